The molecular formula is C10H19N3OS. The van der Waals surface area contributed by atoms with E-state index >= 15 is 0 Å². The first-order valence-electron chi connectivity index (χ1n) is 5.27. The summed E-state index contributed by atoms with van der Waals surface area (Å²) in [5.41, 5.74) is 0. The van der Waals surface area contributed by atoms with E-state index in [9.17, 15) is 0 Å². The highest BCUT2D eigenvalue weighted by atomic mass is 32.1. The SMILES string of the molecule is CCOCCN(C)c1nc(C(C)C)ns1. The highest BCUT2D eigenvalue weighted by Gasteiger charge is 2.10. The lowest BCUT2D eigenvalue weighted by Crippen LogP contribution is -2.22. The van der Waals surface area contributed by atoms with Crippen LogP contribution in [0.5, 0.6) is 0 Å². The molecule has 15 heavy (non-hydrogen) atoms. The number of hydrogen-bond acceptors (Lipinski definition) is 5. The molecule has 1 heterocycles. The molecule has 1 rings (SSSR count). The van der Waals surface area contributed by atoms with E-state index < -0.39 is 0 Å². The third kappa shape index (κ3) is 3.76. The van der Waals surface area contributed by atoms with Crippen LogP contribution in [0.3, 0.4) is 0 Å². The second kappa shape index (κ2) is 6.02. The summed E-state index contributed by atoms with van der Waals surface area (Å²) >= 11 is 1.45. The molecule has 0 fully saturated rings. The maximum absolute atomic E-state index is 5.29. The molecule has 4 nitrogen and oxygen atoms in total. The standard InChI is InChI=1S/C10H19N3OS/c1-5-14-7-6-13(4)10-11-9(8(2)3)12-15-10/h8H,5-7H2,1-4H3. The van der Waals surface area contributed by atoms with Crippen molar-refractivity contribution in [1.29, 1.82) is 0 Å². The number of nitrogens with zero attached hydrogens (tertiary/aromatic N) is 3. The minimum atomic E-state index is 0.398. The maximum Gasteiger partial charge on any atom is 0.205 e. The molecule has 0 amide bonds. The Bertz CT molecular complexity index is 288. The number of hydrogen-bond donors (Lipinski definition) is 0. The van der Waals surface area contributed by atoms with Crippen LogP contribution in [0.4, 0.5) is 5.13 Å². The zero-order valence-electron chi connectivity index (χ0n) is 9.86. The summed E-state index contributed by atoms with van der Waals surface area (Å²) in [4.78, 5) is 6.55. The summed E-state index contributed by atoms with van der Waals surface area (Å²) in [6, 6.07) is 0. The highest BCUT2D eigenvalue weighted by Crippen LogP contribution is 2.19. The number of rotatable bonds is 6. The van der Waals surface area contributed by atoms with Crippen LogP contribution >= 0.6 is 11.5 Å². The molecular weight excluding hydrogens is 210 g/mol. The van der Waals surface area contributed by atoms with Crippen LogP contribution < -0.4 is 4.90 Å². The van der Waals surface area contributed by atoms with E-state index in [0.717, 1.165) is 30.7 Å². The van der Waals surface area contributed by atoms with Gasteiger partial charge in [0.15, 0.2) is 0 Å². The molecule has 5 heteroatoms. The van der Waals surface area contributed by atoms with Gasteiger partial charge in [-0.15, -0.1) is 0 Å². The van der Waals surface area contributed by atoms with Crippen molar-refractivity contribution in [3.05, 3.63) is 5.82 Å². The van der Waals surface area contributed by atoms with Gasteiger partial charge in [0.2, 0.25) is 5.13 Å². The third-order valence-corrected chi connectivity index (χ3v) is 2.89. The first kappa shape index (κ1) is 12.4. The lowest BCUT2D eigenvalue weighted by molar-refractivity contribution is 0.154. The van der Waals surface area contributed by atoms with Gasteiger partial charge in [-0.05, 0) is 6.92 Å². The Morgan fingerprint density at radius 1 is 1.47 bits per heavy atom. The predicted molar refractivity (Wildman–Crippen MR) is 63.8 cm³/mol. The molecule has 0 aliphatic rings. The van der Waals surface area contributed by atoms with E-state index in [1.807, 2.05) is 14.0 Å². The second-order valence-corrected chi connectivity index (χ2v) is 4.44. The van der Waals surface area contributed by atoms with Crippen LogP contribution in [0.15, 0.2) is 0 Å². The highest BCUT2D eigenvalue weighted by molar-refractivity contribution is 7.09. The molecule has 1 aromatic heterocycles. The lowest BCUT2D eigenvalue weighted by atomic mass is 10.2. The second-order valence-electron chi connectivity index (χ2n) is 3.71. The van der Waals surface area contributed by atoms with Crippen molar-refractivity contribution < 1.29 is 4.74 Å². The minimum absolute atomic E-state index is 0.398. The average molecular weight is 229 g/mol. The maximum atomic E-state index is 5.29. The Morgan fingerprint density at radius 3 is 2.73 bits per heavy atom. The van der Waals surface area contributed by atoms with Crippen LogP contribution in [-0.4, -0.2) is 36.2 Å². The first-order chi connectivity index (χ1) is 7.15. The number of ether oxygens (including phenoxy) is 1. The summed E-state index contributed by atoms with van der Waals surface area (Å²) in [5.74, 6) is 1.33. The zero-order chi connectivity index (χ0) is 11.3. The van der Waals surface area contributed by atoms with Crippen LogP contribution in [0.25, 0.3) is 0 Å². The molecule has 0 aliphatic heterocycles. The summed E-state index contributed by atoms with van der Waals surface area (Å²) in [6.45, 7) is 8.57. The van der Waals surface area contributed by atoms with Crippen molar-refractivity contribution in [2.45, 2.75) is 26.7 Å². The molecule has 0 saturated heterocycles. The molecule has 0 atom stereocenters. The van der Waals surface area contributed by atoms with Gasteiger partial charge in [-0.1, -0.05) is 13.8 Å². The molecule has 0 spiro atoms. The van der Waals surface area contributed by atoms with Crippen molar-refractivity contribution in [2.75, 3.05) is 31.7 Å². The molecule has 0 unspecified atom stereocenters. The van der Waals surface area contributed by atoms with Gasteiger partial charge in [-0.2, -0.15) is 4.37 Å². The van der Waals surface area contributed by atoms with Gasteiger partial charge in [-0.25, -0.2) is 4.98 Å². The number of likely N-dealkylation sites (N-methyl/N-ethyl adjacent to an activating group) is 1. The largest absolute Gasteiger partial charge is 0.380 e. The Hall–Kier alpha value is -0.680. The monoisotopic (exact) mass is 229 g/mol. The van der Waals surface area contributed by atoms with Crippen molar-refractivity contribution in [3.63, 3.8) is 0 Å². The van der Waals surface area contributed by atoms with E-state index in [4.69, 9.17) is 4.74 Å². The van der Waals surface area contributed by atoms with Crippen LogP contribution in [0.1, 0.15) is 32.5 Å². The van der Waals surface area contributed by atoms with Gasteiger partial charge in [0.05, 0.1) is 6.61 Å². The minimum Gasteiger partial charge on any atom is -0.380 e. The molecule has 0 bridgehead atoms. The fourth-order valence-electron chi connectivity index (χ4n) is 1.06. The summed E-state index contributed by atoms with van der Waals surface area (Å²) < 4.78 is 9.61. The van der Waals surface area contributed by atoms with Crippen LogP contribution in [-0.2, 0) is 4.74 Å². The third-order valence-electron chi connectivity index (χ3n) is 2.05. The first-order valence-corrected chi connectivity index (χ1v) is 6.05. The Labute approximate surface area is 95.4 Å². The lowest BCUT2D eigenvalue weighted by Gasteiger charge is -2.14. The zero-order valence-corrected chi connectivity index (χ0v) is 10.7. The Balaban J connectivity index is 2.47. The number of aromatic nitrogens is 2. The molecule has 0 radical (unpaired) electrons. The quantitative estimate of drug-likeness (QED) is 0.700. The molecule has 0 saturated carbocycles. The van der Waals surface area contributed by atoms with Crippen molar-refractivity contribution in [1.82, 2.24) is 9.36 Å². The van der Waals surface area contributed by atoms with Crippen molar-refractivity contribution >= 4 is 16.7 Å². The van der Waals surface area contributed by atoms with E-state index in [1.54, 1.807) is 0 Å². The van der Waals surface area contributed by atoms with E-state index in [-0.39, 0.29) is 0 Å². The Morgan fingerprint density at radius 2 is 2.20 bits per heavy atom. The average Bonchev–Trinajstić information content (AvgIpc) is 2.66. The van der Waals surface area contributed by atoms with Gasteiger partial charge in [0, 0.05) is 37.6 Å². The van der Waals surface area contributed by atoms with Crippen molar-refractivity contribution in [3.8, 4) is 0 Å². The van der Waals surface area contributed by atoms with Gasteiger partial charge in [0.25, 0.3) is 0 Å². The van der Waals surface area contributed by atoms with Gasteiger partial charge in [-0.3, -0.25) is 0 Å². The summed E-state index contributed by atoms with van der Waals surface area (Å²) in [6.07, 6.45) is 0. The van der Waals surface area contributed by atoms with E-state index in [1.165, 1.54) is 11.5 Å². The fraction of sp³-hybridized carbons (Fsp3) is 0.800. The summed E-state index contributed by atoms with van der Waals surface area (Å²) in [7, 11) is 2.02. The predicted octanol–water partition coefficient (Wildman–Crippen LogP) is 2.13. The fourth-order valence-corrected chi connectivity index (χ4v) is 1.85. The van der Waals surface area contributed by atoms with E-state index in [2.05, 4.69) is 28.1 Å². The molecule has 1 aromatic rings. The molecule has 0 aliphatic carbocycles. The molecule has 86 valence electrons. The molecule has 0 N–H and O–H groups in total. The van der Waals surface area contributed by atoms with Gasteiger partial charge >= 0.3 is 0 Å². The van der Waals surface area contributed by atoms with Crippen LogP contribution in [0, 0.1) is 0 Å². The smallest absolute Gasteiger partial charge is 0.205 e. The number of anilines is 1. The van der Waals surface area contributed by atoms with E-state index in [0.29, 0.717) is 5.92 Å². The Kier molecular flexibility index (Phi) is 4.98. The van der Waals surface area contributed by atoms with Crippen molar-refractivity contribution in [2.24, 2.45) is 0 Å². The summed E-state index contributed by atoms with van der Waals surface area (Å²) in [5, 5.41) is 0.971. The normalized spacial score (nSPS) is 11.0. The van der Waals surface area contributed by atoms with Gasteiger partial charge < -0.3 is 9.64 Å². The van der Waals surface area contributed by atoms with Gasteiger partial charge in [0.1, 0.15) is 5.82 Å². The van der Waals surface area contributed by atoms with Crippen LogP contribution in [0.2, 0.25) is 0 Å². The molecule has 0 aromatic carbocycles. The topological polar surface area (TPSA) is 38.2 Å².